The molecule has 1 fully saturated rings. The van der Waals surface area contributed by atoms with Crippen molar-refractivity contribution in [2.24, 2.45) is 0 Å². The molecule has 31 heavy (non-hydrogen) atoms. The maximum atomic E-state index is 14.7. The van der Waals surface area contributed by atoms with Crippen molar-refractivity contribution in [3.63, 3.8) is 0 Å². The highest BCUT2D eigenvalue weighted by Crippen LogP contribution is 2.36. The quantitative estimate of drug-likeness (QED) is 0.598. The van der Waals surface area contributed by atoms with E-state index < -0.39 is 35.8 Å². The summed E-state index contributed by atoms with van der Waals surface area (Å²) in [4.78, 5) is 28.9. The predicted molar refractivity (Wildman–Crippen MR) is 105 cm³/mol. The molecule has 168 valence electrons. The van der Waals surface area contributed by atoms with Crippen LogP contribution in [0, 0.1) is 11.6 Å². The maximum absolute atomic E-state index is 14.7. The first kappa shape index (κ1) is 20.9. The van der Waals surface area contributed by atoms with E-state index in [1.54, 1.807) is 0 Å². The molecule has 0 bridgehead atoms. The highest BCUT2D eigenvalue weighted by molar-refractivity contribution is 5.92. The van der Waals surface area contributed by atoms with Crippen molar-refractivity contribution in [3.8, 4) is 11.4 Å². The van der Waals surface area contributed by atoms with Gasteiger partial charge in [-0.15, -0.1) is 0 Å². The summed E-state index contributed by atoms with van der Waals surface area (Å²) in [6.07, 6.45) is -0.451. The smallest absolute Gasteiger partial charge is 0.345 e. The number of fused-ring (bicyclic) bond motifs is 1. The molecular formula is C19H21F5N6O. The molecule has 0 radical (unpaired) electrons. The minimum absolute atomic E-state index is 0. The van der Waals surface area contributed by atoms with Gasteiger partial charge in [0.2, 0.25) is 5.91 Å². The highest BCUT2D eigenvalue weighted by Gasteiger charge is 2.46. The van der Waals surface area contributed by atoms with Crippen LogP contribution in [0.4, 0.5) is 27.8 Å². The number of alkyl halides is 3. The van der Waals surface area contributed by atoms with E-state index in [-0.39, 0.29) is 27.5 Å². The SMILES string of the molecule is C[C@]1(C(=O)NCC(F)(F)F)CCCN1c1nc(-c2c[nH]c3ncc(F)cc23)ncc1F.[HH].[HH]. The first-order valence-electron chi connectivity index (χ1n) is 9.37. The minimum atomic E-state index is -4.57. The molecule has 12 heteroatoms. The Morgan fingerprint density at radius 3 is 2.84 bits per heavy atom. The molecule has 4 heterocycles. The number of hydrogen-bond acceptors (Lipinski definition) is 5. The van der Waals surface area contributed by atoms with Gasteiger partial charge in [-0.05, 0) is 25.8 Å². The Morgan fingerprint density at radius 1 is 1.32 bits per heavy atom. The van der Waals surface area contributed by atoms with Gasteiger partial charge >= 0.3 is 6.18 Å². The van der Waals surface area contributed by atoms with Crippen molar-refractivity contribution in [1.82, 2.24) is 25.3 Å². The third-order valence-electron chi connectivity index (χ3n) is 5.30. The van der Waals surface area contributed by atoms with Crippen LogP contribution in [0.3, 0.4) is 0 Å². The van der Waals surface area contributed by atoms with Crippen molar-refractivity contribution in [2.75, 3.05) is 18.0 Å². The van der Waals surface area contributed by atoms with Crippen molar-refractivity contribution in [3.05, 3.63) is 36.3 Å². The zero-order chi connectivity index (χ0) is 22.4. The normalized spacial score (nSPS) is 19.2. The molecule has 1 saturated heterocycles. The van der Waals surface area contributed by atoms with Gasteiger partial charge in [0.05, 0.1) is 12.4 Å². The minimum Gasteiger partial charge on any atom is -0.345 e. The number of carbonyl (C=O) groups is 1. The lowest BCUT2D eigenvalue weighted by atomic mass is 9.97. The second kappa shape index (κ2) is 7.43. The second-order valence-electron chi connectivity index (χ2n) is 7.44. The average molecular weight is 444 g/mol. The topological polar surface area (TPSA) is 86.8 Å². The molecule has 1 aliphatic heterocycles. The molecule has 7 nitrogen and oxygen atoms in total. The Balaban J connectivity index is 0.00000193. The van der Waals surface area contributed by atoms with Gasteiger partial charge in [0, 0.05) is 26.5 Å². The van der Waals surface area contributed by atoms with E-state index in [1.807, 2.05) is 5.32 Å². The summed E-state index contributed by atoms with van der Waals surface area (Å²) < 4.78 is 65.9. The van der Waals surface area contributed by atoms with E-state index in [4.69, 9.17) is 0 Å². The van der Waals surface area contributed by atoms with E-state index in [9.17, 15) is 26.7 Å². The first-order valence-corrected chi connectivity index (χ1v) is 9.37. The summed E-state index contributed by atoms with van der Waals surface area (Å²) in [5.41, 5.74) is -0.680. The molecule has 4 rings (SSSR count). The summed E-state index contributed by atoms with van der Waals surface area (Å²) in [5, 5.41) is 2.25. The van der Waals surface area contributed by atoms with Gasteiger partial charge in [0.25, 0.3) is 0 Å². The molecule has 0 saturated carbocycles. The van der Waals surface area contributed by atoms with Crippen molar-refractivity contribution in [2.45, 2.75) is 31.5 Å². The van der Waals surface area contributed by atoms with Gasteiger partial charge in [-0.25, -0.2) is 23.7 Å². The number of nitrogens with zero attached hydrogens (tertiary/aromatic N) is 4. The van der Waals surface area contributed by atoms with Crippen molar-refractivity contribution >= 4 is 22.8 Å². The lowest BCUT2D eigenvalue weighted by Gasteiger charge is -2.35. The number of aromatic amines is 1. The Labute approximate surface area is 175 Å². The second-order valence-corrected chi connectivity index (χ2v) is 7.44. The van der Waals surface area contributed by atoms with Crippen LogP contribution in [0.1, 0.15) is 22.6 Å². The first-order chi connectivity index (χ1) is 14.6. The molecule has 0 aromatic carbocycles. The molecule has 1 atom stereocenters. The fraction of sp³-hybridized carbons (Fsp3) is 0.368. The number of rotatable bonds is 4. The van der Waals surface area contributed by atoms with Crippen LogP contribution in [0.2, 0.25) is 0 Å². The lowest BCUT2D eigenvalue weighted by Crippen LogP contribution is -2.55. The summed E-state index contributed by atoms with van der Waals surface area (Å²) in [6.45, 7) is 0.173. The molecule has 0 aliphatic carbocycles. The fourth-order valence-corrected chi connectivity index (χ4v) is 3.75. The van der Waals surface area contributed by atoms with Gasteiger partial charge < -0.3 is 15.2 Å². The third kappa shape index (κ3) is 3.89. The number of anilines is 1. The number of hydrogen-bond donors (Lipinski definition) is 2. The van der Waals surface area contributed by atoms with E-state index >= 15 is 0 Å². The number of nitrogens with one attached hydrogen (secondary N) is 2. The summed E-state index contributed by atoms with van der Waals surface area (Å²) in [6, 6.07) is 1.23. The number of aromatic nitrogens is 4. The summed E-state index contributed by atoms with van der Waals surface area (Å²) >= 11 is 0. The largest absolute Gasteiger partial charge is 0.405 e. The molecule has 0 spiro atoms. The van der Waals surface area contributed by atoms with Crippen LogP contribution in [-0.4, -0.2) is 50.6 Å². The van der Waals surface area contributed by atoms with Gasteiger partial charge in [-0.2, -0.15) is 13.2 Å². The van der Waals surface area contributed by atoms with E-state index in [0.717, 1.165) is 12.4 Å². The molecule has 1 amide bonds. The van der Waals surface area contributed by atoms with Crippen molar-refractivity contribution < 1.29 is 29.6 Å². The van der Waals surface area contributed by atoms with Crippen LogP contribution in [0.15, 0.2) is 24.7 Å². The number of halogens is 5. The molecule has 2 N–H and O–H groups in total. The number of amides is 1. The Kier molecular flexibility index (Phi) is 5.02. The average Bonchev–Trinajstić information content (AvgIpc) is 3.30. The van der Waals surface area contributed by atoms with E-state index in [1.165, 1.54) is 24.1 Å². The Morgan fingerprint density at radius 2 is 2.10 bits per heavy atom. The summed E-state index contributed by atoms with van der Waals surface area (Å²) in [7, 11) is 0. The van der Waals surface area contributed by atoms with E-state index in [2.05, 4.69) is 19.9 Å². The van der Waals surface area contributed by atoms with Gasteiger partial charge in [0.15, 0.2) is 17.5 Å². The van der Waals surface area contributed by atoms with Gasteiger partial charge in [0.1, 0.15) is 23.5 Å². The van der Waals surface area contributed by atoms with Crippen LogP contribution < -0.4 is 10.2 Å². The van der Waals surface area contributed by atoms with Crippen LogP contribution in [-0.2, 0) is 4.79 Å². The molecule has 3 aromatic rings. The van der Waals surface area contributed by atoms with E-state index in [0.29, 0.717) is 23.0 Å². The summed E-state index contributed by atoms with van der Waals surface area (Å²) in [5.74, 6) is -2.44. The monoisotopic (exact) mass is 444 g/mol. The third-order valence-corrected chi connectivity index (χ3v) is 5.30. The standard InChI is InChI=1S/C19H17F5N6O.2H2/c1-18(17(31)28-9-19(22,23)24)3-2-4-30(18)16-13(21)8-27-15(29-16)12-7-26-14-11(12)5-10(20)6-25-14;;/h5-8H,2-4,9H2,1H3,(H,25,26)(H,28,31);2*1H/t18-;;/m1../s1. The van der Waals surface area contributed by atoms with Crippen LogP contribution in [0.25, 0.3) is 22.4 Å². The van der Waals surface area contributed by atoms with Gasteiger partial charge in [-0.1, -0.05) is 0 Å². The molecule has 1 aliphatic rings. The maximum Gasteiger partial charge on any atom is 0.405 e. The molecule has 3 aromatic heterocycles. The van der Waals surface area contributed by atoms with Crippen molar-refractivity contribution in [1.29, 1.82) is 0 Å². The number of pyridine rings is 1. The molecular weight excluding hydrogens is 423 g/mol. The zero-order valence-corrected chi connectivity index (χ0v) is 16.2. The number of H-pyrrole nitrogens is 1. The Hall–Kier alpha value is -3.31. The zero-order valence-electron chi connectivity index (χ0n) is 16.2. The fourth-order valence-electron chi connectivity index (χ4n) is 3.75. The van der Waals surface area contributed by atoms with Crippen LogP contribution >= 0.6 is 0 Å². The Bertz CT molecular complexity index is 1160. The predicted octanol–water partition coefficient (Wildman–Crippen LogP) is 3.83. The highest BCUT2D eigenvalue weighted by atomic mass is 19.4. The van der Waals surface area contributed by atoms with Gasteiger partial charge in [-0.3, -0.25) is 4.79 Å². The number of carbonyl (C=O) groups excluding carboxylic acids is 1. The van der Waals surface area contributed by atoms with Crippen LogP contribution in [0.5, 0.6) is 0 Å². The lowest BCUT2D eigenvalue weighted by molar-refractivity contribution is -0.141. The molecule has 0 unspecified atom stereocenters.